The molecule has 0 spiro atoms. The van der Waals surface area contributed by atoms with Crippen LogP contribution in [0.25, 0.3) is 0 Å². The number of ether oxygens (including phenoxy) is 9. The molecule has 0 amide bonds. The largest absolute Gasteiger partial charge is 0.472 e. The number of esters is 3. The number of aliphatic hydroxyl groups is 8. The third-order valence-electron chi connectivity index (χ3n) is 10.7. The van der Waals surface area contributed by atoms with Crippen molar-refractivity contribution in [3.05, 3.63) is 36.3 Å². The highest BCUT2D eigenvalue weighted by Crippen LogP contribution is 2.49. The van der Waals surface area contributed by atoms with Crippen LogP contribution < -0.4 is 0 Å². The minimum Gasteiger partial charge on any atom is -0.472 e. The van der Waals surface area contributed by atoms with E-state index < -0.39 is 147 Å². The van der Waals surface area contributed by atoms with Gasteiger partial charge < -0.3 is 83.5 Å². The molecular formula is C34H48O20. The number of hydrogen-bond donors (Lipinski definition) is 8. The third-order valence-corrected chi connectivity index (χ3v) is 10.7. The van der Waals surface area contributed by atoms with Gasteiger partial charge in [0.1, 0.15) is 54.9 Å². The summed E-state index contributed by atoms with van der Waals surface area (Å²) in [5.74, 6) is -6.38. The van der Waals surface area contributed by atoms with Crippen molar-refractivity contribution in [2.75, 3.05) is 27.4 Å². The first-order chi connectivity index (χ1) is 25.7. The van der Waals surface area contributed by atoms with Gasteiger partial charge in [0, 0.05) is 29.6 Å². The number of carbonyl (C=O) groups is 3. The number of rotatable bonds is 12. The first kappa shape index (κ1) is 41.9. The normalized spacial score (nSPS) is 43.3. The minimum atomic E-state index is -1.78. The highest BCUT2D eigenvalue weighted by molar-refractivity contribution is 5.90. The Labute approximate surface area is 309 Å². The molecule has 8 N–H and O–H groups in total. The molecule has 5 rings (SSSR count). The Morgan fingerprint density at radius 2 is 1.26 bits per heavy atom. The summed E-state index contributed by atoms with van der Waals surface area (Å²) < 4.78 is 49.8. The summed E-state index contributed by atoms with van der Waals surface area (Å²) in [5, 5.41) is 81.1. The van der Waals surface area contributed by atoms with Crippen molar-refractivity contribution < 1.29 is 97.9 Å². The van der Waals surface area contributed by atoms with Gasteiger partial charge in [-0.2, -0.15) is 0 Å². The average Bonchev–Trinajstić information content (AvgIpc) is 3.49. The Morgan fingerprint density at radius 3 is 1.78 bits per heavy atom. The van der Waals surface area contributed by atoms with Crippen molar-refractivity contribution in [2.45, 2.75) is 99.9 Å². The predicted octanol–water partition coefficient (Wildman–Crippen LogP) is -3.56. The highest BCUT2D eigenvalue weighted by atomic mass is 16.8. The summed E-state index contributed by atoms with van der Waals surface area (Å²) in [4.78, 5) is 39.3. The lowest BCUT2D eigenvalue weighted by Gasteiger charge is -2.43. The van der Waals surface area contributed by atoms with E-state index in [1.165, 1.54) is 13.2 Å². The maximum atomic E-state index is 13.7. The van der Waals surface area contributed by atoms with E-state index in [2.05, 4.69) is 6.58 Å². The van der Waals surface area contributed by atoms with Gasteiger partial charge in [-0.15, -0.1) is 6.58 Å². The fourth-order valence-electron chi connectivity index (χ4n) is 7.62. The Kier molecular flexibility index (Phi) is 13.7. The van der Waals surface area contributed by atoms with E-state index in [9.17, 15) is 55.2 Å². The van der Waals surface area contributed by atoms with Crippen LogP contribution in [0.5, 0.6) is 0 Å². The van der Waals surface area contributed by atoms with Crippen LogP contribution in [-0.2, 0) is 57.0 Å². The molecular weight excluding hydrogens is 728 g/mol. The van der Waals surface area contributed by atoms with E-state index in [-0.39, 0.29) is 17.6 Å². The summed E-state index contributed by atoms with van der Waals surface area (Å²) in [6.07, 6.45) is -16.4. The van der Waals surface area contributed by atoms with Crippen LogP contribution in [0.15, 0.2) is 36.3 Å². The van der Waals surface area contributed by atoms with Crippen LogP contribution >= 0.6 is 0 Å². The molecule has 0 bridgehead atoms. The molecule has 0 radical (unpaired) electrons. The van der Waals surface area contributed by atoms with Crippen molar-refractivity contribution in [1.29, 1.82) is 0 Å². The van der Waals surface area contributed by atoms with Gasteiger partial charge in [-0.05, 0) is 6.42 Å². The molecule has 1 aliphatic carbocycles. The Bertz CT molecular complexity index is 1420. The van der Waals surface area contributed by atoms with Crippen molar-refractivity contribution in [1.82, 2.24) is 0 Å². The smallest absolute Gasteiger partial charge is 0.337 e. The average molecular weight is 777 g/mol. The fourth-order valence-corrected chi connectivity index (χ4v) is 7.62. The van der Waals surface area contributed by atoms with Crippen molar-refractivity contribution in [2.24, 2.45) is 29.6 Å². The molecule has 0 aromatic rings. The standard InChI is InChI=1S/C34H48O20/c1-5-13-14(16(29(44)46-3)10-48-31(13)53-33-27(42)25(40)23(38)19(8-35)51-33)7-21(37)50-18-6-15-17(30(45)47-4)11-49-32(22(15)12(18)2)54-34-28(43)26(41)24(39)20(9-36)52-34/h5,10-15,18-20,22-28,31-36,38-43H,1,6-9H2,2-4H3. The van der Waals surface area contributed by atoms with E-state index in [4.69, 9.17) is 42.6 Å². The topological polar surface area (TPSA) is 296 Å². The lowest BCUT2D eigenvalue weighted by Crippen LogP contribution is -2.60. The van der Waals surface area contributed by atoms with E-state index in [1.807, 2.05) is 0 Å². The second kappa shape index (κ2) is 17.7. The fraction of sp³-hybridized carbons (Fsp3) is 0.735. The Balaban J connectivity index is 1.33. The molecule has 4 aliphatic heterocycles. The lowest BCUT2D eigenvalue weighted by atomic mass is 9.81. The van der Waals surface area contributed by atoms with Gasteiger partial charge in [0.05, 0.1) is 57.5 Å². The van der Waals surface area contributed by atoms with Crippen LogP contribution in [0.4, 0.5) is 0 Å². The van der Waals surface area contributed by atoms with Gasteiger partial charge in [0.15, 0.2) is 12.6 Å². The second-order valence-electron chi connectivity index (χ2n) is 13.7. The summed E-state index contributed by atoms with van der Waals surface area (Å²) in [5.41, 5.74) is 0.0280. The SMILES string of the molecule is C=CC1C(OC2OC(CO)C(O)C(O)C2O)OC=C(C(=O)OC)C1CC(=O)OC1CC2C(C(=O)OC)=COC(OC3OC(CO)C(O)C(O)C3O)C2C1C. The van der Waals surface area contributed by atoms with Crippen LogP contribution in [0.1, 0.15) is 19.8 Å². The second-order valence-corrected chi connectivity index (χ2v) is 13.7. The van der Waals surface area contributed by atoms with Gasteiger partial charge in [0.2, 0.25) is 12.6 Å². The summed E-state index contributed by atoms with van der Waals surface area (Å²) >= 11 is 0. The summed E-state index contributed by atoms with van der Waals surface area (Å²) in [6.45, 7) is 4.08. The summed E-state index contributed by atoms with van der Waals surface area (Å²) in [7, 11) is 2.30. The predicted molar refractivity (Wildman–Crippen MR) is 172 cm³/mol. The molecule has 0 aromatic heterocycles. The van der Waals surface area contributed by atoms with Crippen molar-refractivity contribution in [3.8, 4) is 0 Å². The van der Waals surface area contributed by atoms with Crippen LogP contribution in [0.2, 0.25) is 0 Å². The monoisotopic (exact) mass is 776 g/mol. The maximum Gasteiger partial charge on any atom is 0.337 e. The maximum absolute atomic E-state index is 13.7. The van der Waals surface area contributed by atoms with Gasteiger partial charge in [-0.1, -0.05) is 13.0 Å². The first-order valence-corrected chi connectivity index (χ1v) is 17.3. The number of fused-ring (bicyclic) bond motifs is 1. The summed E-state index contributed by atoms with van der Waals surface area (Å²) in [6, 6.07) is 0. The minimum absolute atomic E-state index is 0.0810. The first-order valence-electron chi connectivity index (χ1n) is 17.3. The molecule has 20 heteroatoms. The van der Waals surface area contributed by atoms with E-state index in [1.54, 1.807) is 6.92 Å². The molecule has 4 heterocycles. The van der Waals surface area contributed by atoms with E-state index >= 15 is 0 Å². The molecule has 5 aliphatic rings. The number of aliphatic hydroxyl groups excluding tert-OH is 8. The molecule has 2 saturated heterocycles. The van der Waals surface area contributed by atoms with Crippen LogP contribution in [0, 0.1) is 29.6 Å². The van der Waals surface area contributed by atoms with E-state index in [0.29, 0.717) is 0 Å². The molecule has 18 atom stereocenters. The molecule has 18 unspecified atom stereocenters. The van der Waals surface area contributed by atoms with Gasteiger partial charge >= 0.3 is 17.9 Å². The number of carbonyl (C=O) groups excluding carboxylic acids is 3. The molecule has 20 nitrogen and oxygen atoms in total. The zero-order chi connectivity index (χ0) is 39.6. The van der Waals surface area contributed by atoms with Gasteiger partial charge in [0.25, 0.3) is 0 Å². The number of hydrogen-bond acceptors (Lipinski definition) is 20. The van der Waals surface area contributed by atoms with Gasteiger partial charge in [-0.3, -0.25) is 4.79 Å². The zero-order valence-corrected chi connectivity index (χ0v) is 29.6. The Morgan fingerprint density at radius 1 is 0.759 bits per heavy atom. The zero-order valence-electron chi connectivity index (χ0n) is 29.6. The Hall–Kier alpha value is -3.25. The molecule has 304 valence electrons. The quantitative estimate of drug-likeness (QED) is 0.0540. The molecule has 54 heavy (non-hydrogen) atoms. The molecule has 0 aromatic carbocycles. The van der Waals surface area contributed by atoms with Crippen LogP contribution in [0.3, 0.4) is 0 Å². The van der Waals surface area contributed by atoms with Crippen molar-refractivity contribution >= 4 is 17.9 Å². The highest BCUT2D eigenvalue weighted by Gasteiger charge is 2.55. The van der Waals surface area contributed by atoms with E-state index in [0.717, 1.165) is 19.6 Å². The number of methoxy groups -OCH3 is 2. The third kappa shape index (κ3) is 8.15. The van der Waals surface area contributed by atoms with Gasteiger partial charge in [-0.25, -0.2) is 9.59 Å². The molecule has 1 saturated carbocycles. The lowest BCUT2D eigenvalue weighted by molar-refractivity contribution is -0.342. The van der Waals surface area contributed by atoms with Crippen LogP contribution in [-0.4, -0.2) is 166 Å². The van der Waals surface area contributed by atoms with Crippen molar-refractivity contribution in [3.63, 3.8) is 0 Å². The molecule has 3 fully saturated rings.